The van der Waals surface area contributed by atoms with Gasteiger partial charge in [-0.3, -0.25) is 0 Å². The zero-order chi connectivity index (χ0) is 11.7. The summed E-state index contributed by atoms with van der Waals surface area (Å²) in [7, 11) is 0. The molecule has 2 aromatic heterocycles. The smallest absolute Gasteiger partial charge is 0.223 e. The predicted molar refractivity (Wildman–Crippen MR) is 72.3 cm³/mol. The summed E-state index contributed by atoms with van der Waals surface area (Å²) in [6.07, 6.45) is 5.39. The van der Waals surface area contributed by atoms with Crippen molar-refractivity contribution in [2.24, 2.45) is 5.92 Å². The Bertz CT molecular complexity index is 518. The SMILES string of the molecule is Nc1nc(NCCCC2CC2)c2ccsc2n1. The summed E-state index contributed by atoms with van der Waals surface area (Å²) in [4.78, 5) is 9.44. The van der Waals surface area contributed by atoms with Gasteiger partial charge in [0.2, 0.25) is 5.95 Å². The molecule has 0 amide bonds. The maximum atomic E-state index is 5.69. The number of nitrogens with zero attached hydrogens (tertiary/aromatic N) is 2. The molecule has 0 atom stereocenters. The van der Waals surface area contributed by atoms with Gasteiger partial charge in [0.1, 0.15) is 10.6 Å². The van der Waals surface area contributed by atoms with Crippen LogP contribution in [-0.2, 0) is 0 Å². The predicted octanol–water partition coefficient (Wildman–Crippen LogP) is 2.88. The number of nitrogens with one attached hydrogen (secondary N) is 1. The van der Waals surface area contributed by atoms with Crippen LogP contribution < -0.4 is 11.1 Å². The highest BCUT2D eigenvalue weighted by Crippen LogP contribution is 2.33. The minimum atomic E-state index is 0.352. The first kappa shape index (κ1) is 10.8. The van der Waals surface area contributed by atoms with Gasteiger partial charge in [-0.15, -0.1) is 11.3 Å². The van der Waals surface area contributed by atoms with Crippen LogP contribution in [0.1, 0.15) is 25.7 Å². The van der Waals surface area contributed by atoms with Gasteiger partial charge >= 0.3 is 0 Å². The summed E-state index contributed by atoms with van der Waals surface area (Å²) in [5.74, 6) is 2.22. The molecule has 0 aliphatic heterocycles. The van der Waals surface area contributed by atoms with Gasteiger partial charge in [-0.25, -0.2) is 4.98 Å². The molecule has 4 nitrogen and oxygen atoms in total. The molecule has 0 radical (unpaired) electrons. The Morgan fingerprint density at radius 1 is 1.41 bits per heavy atom. The summed E-state index contributed by atoms with van der Waals surface area (Å²) in [6.45, 7) is 0.970. The van der Waals surface area contributed by atoms with Crippen molar-refractivity contribution < 1.29 is 0 Å². The lowest BCUT2D eigenvalue weighted by atomic mass is 10.2. The van der Waals surface area contributed by atoms with Crippen molar-refractivity contribution in [3.8, 4) is 0 Å². The molecule has 1 aliphatic carbocycles. The molecule has 90 valence electrons. The largest absolute Gasteiger partial charge is 0.369 e. The maximum absolute atomic E-state index is 5.69. The summed E-state index contributed by atoms with van der Waals surface area (Å²) in [5.41, 5.74) is 5.69. The second-order valence-electron chi connectivity index (χ2n) is 4.58. The molecule has 1 saturated carbocycles. The van der Waals surface area contributed by atoms with Crippen molar-refractivity contribution in [3.63, 3.8) is 0 Å². The number of thiophene rings is 1. The third-order valence-electron chi connectivity index (χ3n) is 3.12. The van der Waals surface area contributed by atoms with E-state index >= 15 is 0 Å². The fourth-order valence-corrected chi connectivity index (χ4v) is 2.78. The molecule has 0 unspecified atom stereocenters. The Hall–Kier alpha value is -1.36. The minimum Gasteiger partial charge on any atom is -0.369 e. The number of aromatic nitrogens is 2. The van der Waals surface area contributed by atoms with Gasteiger partial charge < -0.3 is 11.1 Å². The Labute approximate surface area is 104 Å². The minimum absolute atomic E-state index is 0.352. The highest BCUT2D eigenvalue weighted by molar-refractivity contribution is 7.16. The number of nitrogen functional groups attached to an aromatic ring is 1. The quantitative estimate of drug-likeness (QED) is 0.799. The van der Waals surface area contributed by atoms with E-state index in [1.807, 2.05) is 11.4 Å². The maximum Gasteiger partial charge on any atom is 0.223 e. The van der Waals surface area contributed by atoms with E-state index in [1.165, 1.54) is 25.7 Å². The van der Waals surface area contributed by atoms with Crippen LogP contribution in [0.25, 0.3) is 10.2 Å². The van der Waals surface area contributed by atoms with Gasteiger partial charge in [0.15, 0.2) is 0 Å². The fraction of sp³-hybridized carbons (Fsp3) is 0.500. The van der Waals surface area contributed by atoms with E-state index in [1.54, 1.807) is 11.3 Å². The lowest BCUT2D eigenvalue weighted by Gasteiger charge is -2.06. The molecular weight excluding hydrogens is 232 g/mol. The Kier molecular flexibility index (Phi) is 2.84. The Morgan fingerprint density at radius 3 is 3.12 bits per heavy atom. The molecule has 5 heteroatoms. The molecule has 1 aliphatic rings. The Balaban J connectivity index is 1.67. The zero-order valence-electron chi connectivity index (χ0n) is 9.65. The average Bonchev–Trinajstić information content (AvgIpc) is 3.01. The first-order valence-corrected chi connectivity index (χ1v) is 6.95. The van der Waals surface area contributed by atoms with E-state index in [-0.39, 0.29) is 0 Å². The molecule has 2 aromatic rings. The molecular formula is C12H16N4S. The average molecular weight is 248 g/mol. The second-order valence-corrected chi connectivity index (χ2v) is 5.48. The van der Waals surface area contributed by atoms with Crippen molar-refractivity contribution in [1.29, 1.82) is 0 Å². The Morgan fingerprint density at radius 2 is 2.29 bits per heavy atom. The van der Waals surface area contributed by atoms with E-state index in [4.69, 9.17) is 5.73 Å². The van der Waals surface area contributed by atoms with Gasteiger partial charge in [-0.05, 0) is 30.2 Å². The zero-order valence-corrected chi connectivity index (χ0v) is 10.5. The van der Waals surface area contributed by atoms with Gasteiger partial charge in [-0.1, -0.05) is 12.8 Å². The van der Waals surface area contributed by atoms with Crippen molar-refractivity contribution in [3.05, 3.63) is 11.4 Å². The van der Waals surface area contributed by atoms with Gasteiger partial charge in [0.05, 0.1) is 5.39 Å². The van der Waals surface area contributed by atoms with Crippen LogP contribution in [0.15, 0.2) is 11.4 Å². The van der Waals surface area contributed by atoms with Crippen molar-refractivity contribution in [2.45, 2.75) is 25.7 Å². The first-order valence-electron chi connectivity index (χ1n) is 6.07. The highest BCUT2D eigenvalue weighted by Gasteiger charge is 2.20. The number of nitrogens with two attached hydrogens (primary N) is 1. The van der Waals surface area contributed by atoms with Gasteiger partial charge in [0, 0.05) is 6.54 Å². The number of anilines is 2. The van der Waals surface area contributed by atoms with Crippen LogP contribution in [-0.4, -0.2) is 16.5 Å². The van der Waals surface area contributed by atoms with Crippen LogP contribution in [0.2, 0.25) is 0 Å². The van der Waals surface area contributed by atoms with Crippen LogP contribution in [0.4, 0.5) is 11.8 Å². The summed E-state index contributed by atoms with van der Waals surface area (Å²) >= 11 is 1.60. The van der Waals surface area contributed by atoms with Crippen LogP contribution in [0.5, 0.6) is 0 Å². The molecule has 2 heterocycles. The normalized spacial score (nSPS) is 15.3. The summed E-state index contributed by atoms with van der Waals surface area (Å²) in [6, 6.07) is 2.04. The standard InChI is InChI=1S/C12H16N4S/c13-12-15-10(9-5-7-17-11(9)16-12)14-6-1-2-8-3-4-8/h5,7-8H,1-4,6H2,(H3,13,14,15,16). The molecule has 0 saturated heterocycles. The van der Waals surface area contributed by atoms with E-state index in [9.17, 15) is 0 Å². The first-order chi connectivity index (χ1) is 8.33. The van der Waals surface area contributed by atoms with Crippen LogP contribution in [0, 0.1) is 5.92 Å². The van der Waals surface area contributed by atoms with E-state index in [0.717, 1.165) is 28.5 Å². The van der Waals surface area contributed by atoms with Crippen LogP contribution in [0.3, 0.4) is 0 Å². The van der Waals surface area contributed by atoms with Gasteiger partial charge in [0.25, 0.3) is 0 Å². The molecule has 1 fully saturated rings. The number of hydrogen-bond donors (Lipinski definition) is 2. The fourth-order valence-electron chi connectivity index (χ4n) is 2.01. The van der Waals surface area contributed by atoms with Crippen molar-refractivity contribution >= 4 is 33.3 Å². The molecule has 3 N–H and O–H groups in total. The topological polar surface area (TPSA) is 63.8 Å². The van der Waals surface area contributed by atoms with Gasteiger partial charge in [-0.2, -0.15) is 4.98 Å². The molecule has 0 spiro atoms. The van der Waals surface area contributed by atoms with E-state index in [0.29, 0.717) is 5.95 Å². The molecule has 17 heavy (non-hydrogen) atoms. The summed E-state index contributed by atoms with van der Waals surface area (Å²) in [5, 5.41) is 6.47. The van der Waals surface area contributed by atoms with Crippen molar-refractivity contribution in [1.82, 2.24) is 9.97 Å². The number of fused-ring (bicyclic) bond motifs is 1. The third kappa shape index (κ3) is 2.49. The third-order valence-corrected chi connectivity index (χ3v) is 3.93. The molecule has 0 aromatic carbocycles. The van der Waals surface area contributed by atoms with Crippen LogP contribution >= 0.6 is 11.3 Å². The number of rotatable bonds is 5. The monoisotopic (exact) mass is 248 g/mol. The number of hydrogen-bond acceptors (Lipinski definition) is 5. The highest BCUT2D eigenvalue weighted by atomic mass is 32.1. The van der Waals surface area contributed by atoms with E-state index in [2.05, 4.69) is 15.3 Å². The summed E-state index contributed by atoms with van der Waals surface area (Å²) < 4.78 is 0. The molecule has 3 rings (SSSR count). The van der Waals surface area contributed by atoms with Crippen molar-refractivity contribution in [2.75, 3.05) is 17.6 Å². The lowest BCUT2D eigenvalue weighted by molar-refractivity contribution is 0.687. The van der Waals surface area contributed by atoms with E-state index < -0.39 is 0 Å². The molecule has 0 bridgehead atoms. The lowest BCUT2D eigenvalue weighted by Crippen LogP contribution is -2.06. The second kappa shape index (κ2) is 4.49.